The van der Waals surface area contributed by atoms with E-state index < -0.39 is 46.8 Å². The summed E-state index contributed by atoms with van der Waals surface area (Å²) in [7, 11) is 0. The van der Waals surface area contributed by atoms with Gasteiger partial charge in [0, 0.05) is 6.08 Å². The summed E-state index contributed by atoms with van der Waals surface area (Å²) in [6, 6.07) is 0. The molecule has 7 atom stereocenters. The van der Waals surface area contributed by atoms with Crippen molar-refractivity contribution in [1.29, 1.82) is 0 Å². The number of ether oxygens (including phenoxy) is 3. The fourth-order valence-corrected chi connectivity index (χ4v) is 5.06. The molecule has 0 aromatic carbocycles. The highest BCUT2D eigenvalue weighted by molar-refractivity contribution is 6.06. The molecule has 4 aliphatic carbocycles. The molecule has 2 saturated heterocycles. The van der Waals surface area contributed by atoms with Crippen LogP contribution in [0.25, 0.3) is 0 Å². The minimum atomic E-state index is -1.84. The summed E-state index contributed by atoms with van der Waals surface area (Å²) in [5.74, 6) is -2.76. The predicted molar refractivity (Wildman–Crippen MR) is 90.0 cm³/mol. The summed E-state index contributed by atoms with van der Waals surface area (Å²) in [6.07, 6.45) is 12.0. The number of Topliss-reactive ketones (excluding diaryl/α,β-unsaturated/α-hetero) is 1. The molecular formula is C20H16O7. The Morgan fingerprint density at radius 3 is 2.70 bits per heavy atom. The maximum absolute atomic E-state index is 12.7. The standard InChI is InChI=1S/C20H16O7/c21-11-9-18(20-15(23)8-7-14(22)19(20,27-20)17(11)24)25-12-5-1-3-10-4-2-6-13(26-18)16(10)12/h1-9,12,14-16,21-23H/t12?,14?,15?,16?,18-,19?,20?/m0/s1. The van der Waals surface area contributed by atoms with Crippen LogP contribution in [0.4, 0.5) is 0 Å². The van der Waals surface area contributed by atoms with Gasteiger partial charge in [-0.05, 0) is 11.6 Å². The molecule has 7 heteroatoms. The van der Waals surface area contributed by atoms with Crippen molar-refractivity contribution < 1.29 is 34.3 Å². The average molecular weight is 368 g/mol. The lowest BCUT2D eigenvalue weighted by Gasteiger charge is -2.51. The van der Waals surface area contributed by atoms with Crippen LogP contribution >= 0.6 is 0 Å². The number of aliphatic hydroxyl groups excluding tert-OH is 3. The molecule has 0 saturated carbocycles. The lowest BCUT2D eigenvalue weighted by Crippen LogP contribution is -2.68. The number of aliphatic hydroxyl groups is 3. The fraction of sp³-hybridized carbons (Fsp3) is 0.350. The van der Waals surface area contributed by atoms with Crippen molar-refractivity contribution in [3.8, 4) is 0 Å². The van der Waals surface area contributed by atoms with Gasteiger partial charge in [-0.1, -0.05) is 42.5 Å². The molecular weight excluding hydrogens is 352 g/mol. The highest BCUT2D eigenvalue weighted by Crippen LogP contribution is 2.68. The zero-order valence-electron chi connectivity index (χ0n) is 14.0. The zero-order chi connectivity index (χ0) is 18.6. The van der Waals surface area contributed by atoms with Crippen LogP contribution in [0.1, 0.15) is 0 Å². The third-order valence-corrected chi connectivity index (χ3v) is 6.27. The van der Waals surface area contributed by atoms with Crippen molar-refractivity contribution in [2.24, 2.45) is 5.92 Å². The second kappa shape index (κ2) is 4.51. The van der Waals surface area contributed by atoms with Gasteiger partial charge in [-0.15, -0.1) is 0 Å². The molecule has 0 radical (unpaired) electrons. The topological polar surface area (TPSA) is 109 Å². The van der Waals surface area contributed by atoms with Gasteiger partial charge in [-0.3, -0.25) is 4.79 Å². The van der Waals surface area contributed by atoms with Gasteiger partial charge in [0.05, 0.1) is 12.0 Å². The second-order valence-corrected chi connectivity index (χ2v) is 7.52. The minimum absolute atomic E-state index is 0.162. The lowest BCUT2D eigenvalue weighted by atomic mass is 9.68. The molecule has 6 unspecified atom stereocenters. The Morgan fingerprint density at radius 1 is 1.04 bits per heavy atom. The minimum Gasteiger partial charge on any atom is -0.504 e. The van der Waals surface area contributed by atoms with Crippen LogP contribution in [-0.4, -0.2) is 56.4 Å². The van der Waals surface area contributed by atoms with Crippen LogP contribution in [0.2, 0.25) is 0 Å². The van der Waals surface area contributed by atoms with E-state index in [2.05, 4.69) is 0 Å². The molecule has 2 fully saturated rings. The Bertz CT molecular complexity index is 969. The molecule has 0 bridgehead atoms. The van der Waals surface area contributed by atoms with Crippen molar-refractivity contribution in [2.45, 2.75) is 35.3 Å². The van der Waals surface area contributed by atoms with Crippen molar-refractivity contribution in [3.05, 3.63) is 71.8 Å². The first-order valence-corrected chi connectivity index (χ1v) is 8.80. The average Bonchev–Trinajstić information content (AvgIpc) is 3.39. The first-order chi connectivity index (χ1) is 13.0. The molecule has 2 heterocycles. The molecule has 1 spiro atoms. The van der Waals surface area contributed by atoms with E-state index in [0.29, 0.717) is 5.76 Å². The van der Waals surface area contributed by atoms with Gasteiger partial charge in [-0.2, -0.15) is 0 Å². The van der Waals surface area contributed by atoms with E-state index in [1.54, 1.807) is 6.08 Å². The molecule has 138 valence electrons. The van der Waals surface area contributed by atoms with Gasteiger partial charge in [0.2, 0.25) is 17.0 Å². The lowest BCUT2D eigenvalue weighted by molar-refractivity contribution is -0.285. The molecule has 0 amide bonds. The molecule has 7 nitrogen and oxygen atoms in total. The number of rotatable bonds is 0. The van der Waals surface area contributed by atoms with E-state index in [1.807, 2.05) is 30.4 Å². The molecule has 2 aliphatic heterocycles. The van der Waals surface area contributed by atoms with Crippen LogP contribution in [0.15, 0.2) is 71.8 Å². The Hall–Kier alpha value is -2.45. The second-order valence-electron chi connectivity index (χ2n) is 7.52. The van der Waals surface area contributed by atoms with E-state index in [-0.39, 0.29) is 5.92 Å². The van der Waals surface area contributed by atoms with Gasteiger partial charge in [-0.25, -0.2) is 0 Å². The third-order valence-electron chi connectivity index (χ3n) is 6.27. The molecule has 0 aromatic rings. The highest BCUT2D eigenvalue weighted by Gasteiger charge is 2.92. The zero-order valence-corrected chi connectivity index (χ0v) is 14.0. The Labute approximate surface area is 153 Å². The molecule has 0 aromatic heterocycles. The van der Waals surface area contributed by atoms with Crippen LogP contribution in [-0.2, 0) is 19.0 Å². The first kappa shape index (κ1) is 15.6. The molecule has 6 rings (SSSR count). The van der Waals surface area contributed by atoms with Crippen molar-refractivity contribution in [2.75, 3.05) is 0 Å². The third kappa shape index (κ3) is 1.49. The Balaban J connectivity index is 1.57. The number of carbonyl (C=O) groups is 1. The molecule has 3 N–H and O–H groups in total. The number of epoxide rings is 1. The van der Waals surface area contributed by atoms with Gasteiger partial charge in [0.25, 0.3) is 5.79 Å². The van der Waals surface area contributed by atoms with Crippen LogP contribution < -0.4 is 0 Å². The van der Waals surface area contributed by atoms with E-state index >= 15 is 0 Å². The fourth-order valence-electron chi connectivity index (χ4n) is 5.06. The van der Waals surface area contributed by atoms with Crippen molar-refractivity contribution >= 4 is 5.78 Å². The maximum atomic E-state index is 12.7. The number of allylic oxidation sites excluding steroid dienone is 5. The number of ketones is 1. The van der Waals surface area contributed by atoms with Gasteiger partial charge in [0.1, 0.15) is 18.0 Å². The molecule has 6 aliphatic rings. The maximum Gasteiger partial charge on any atom is 0.270 e. The normalized spacial score (nSPS) is 50.7. The number of hydrogen-bond acceptors (Lipinski definition) is 7. The van der Waals surface area contributed by atoms with E-state index in [9.17, 15) is 20.1 Å². The summed E-state index contributed by atoms with van der Waals surface area (Å²) in [6.45, 7) is 0. The van der Waals surface area contributed by atoms with Gasteiger partial charge < -0.3 is 29.5 Å². The Kier molecular flexibility index (Phi) is 2.60. The Morgan fingerprint density at radius 2 is 1.85 bits per heavy atom. The van der Waals surface area contributed by atoms with Crippen molar-refractivity contribution in [1.82, 2.24) is 0 Å². The summed E-state index contributed by atoms with van der Waals surface area (Å²) in [5.41, 5.74) is -2.51. The monoisotopic (exact) mass is 368 g/mol. The van der Waals surface area contributed by atoms with E-state index in [1.165, 1.54) is 12.2 Å². The van der Waals surface area contributed by atoms with Crippen LogP contribution in [0.5, 0.6) is 0 Å². The quantitative estimate of drug-likeness (QED) is 0.422. The largest absolute Gasteiger partial charge is 0.504 e. The number of carbonyl (C=O) groups excluding carboxylic acids is 1. The summed E-state index contributed by atoms with van der Waals surface area (Å²) in [4.78, 5) is 12.7. The number of hydrogen-bond donors (Lipinski definition) is 3. The highest BCUT2D eigenvalue weighted by atomic mass is 16.8. The predicted octanol–water partition coefficient (Wildman–Crippen LogP) is 0.488. The summed E-state index contributed by atoms with van der Waals surface area (Å²) in [5, 5.41) is 31.6. The smallest absolute Gasteiger partial charge is 0.270 e. The van der Waals surface area contributed by atoms with Gasteiger partial charge in [0.15, 0.2) is 5.76 Å². The van der Waals surface area contributed by atoms with E-state index in [4.69, 9.17) is 14.2 Å². The van der Waals surface area contributed by atoms with Crippen LogP contribution in [0, 0.1) is 5.92 Å². The van der Waals surface area contributed by atoms with Crippen molar-refractivity contribution in [3.63, 3.8) is 0 Å². The van der Waals surface area contributed by atoms with E-state index in [0.717, 1.165) is 11.6 Å². The van der Waals surface area contributed by atoms with Gasteiger partial charge >= 0.3 is 0 Å². The first-order valence-electron chi connectivity index (χ1n) is 8.80. The molecule has 27 heavy (non-hydrogen) atoms. The SMILES string of the molecule is O=C1C(O)=C[C@]2(OC3=CC=CC4=CC=CC(O2)C43)C23OC12C(O)C=CC3O. The summed E-state index contributed by atoms with van der Waals surface area (Å²) < 4.78 is 18.2. The summed E-state index contributed by atoms with van der Waals surface area (Å²) >= 11 is 0. The van der Waals surface area contributed by atoms with Crippen LogP contribution in [0.3, 0.4) is 0 Å².